The number of methoxy groups -OCH3 is 2. The van der Waals surface area contributed by atoms with Crippen LogP contribution >= 0.6 is 0 Å². The smallest absolute Gasteiger partial charge is 0.343 e. The first-order valence-electron chi connectivity index (χ1n) is 7.55. The highest BCUT2D eigenvalue weighted by atomic mass is 16.5. The molecular formula is C20H18O4. The van der Waals surface area contributed by atoms with Gasteiger partial charge in [-0.25, -0.2) is 4.79 Å². The molecule has 4 heteroatoms. The Morgan fingerprint density at radius 3 is 2.42 bits per heavy atom. The summed E-state index contributed by atoms with van der Waals surface area (Å²) in [7, 11) is 3.24. The molecule has 0 radical (unpaired) electrons. The van der Waals surface area contributed by atoms with Crippen molar-refractivity contribution in [1.82, 2.24) is 0 Å². The lowest BCUT2D eigenvalue weighted by Crippen LogP contribution is -1.97. The molecule has 24 heavy (non-hydrogen) atoms. The maximum atomic E-state index is 12.1. The van der Waals surface area contributed by atoms with E-state index in [0.29, 0.717) is 11.3 Å². The summed E-state index contributed by atoms with van der Waals surface area (Å²) in [5.41, 5.74) is 3.26. The van der Waals surface area contributed by atoms with Gasteiger partial charge in [0, 0.05) is 5.56 Å². The Hall–Kier alpha value is -3.01. The van der Waals surface area contributed by atoms with Gasteiger partial charge in [-0.3, -0.25) is 0 Å². The number of carbonyl (C=O) groups is 1. The van der Waals surface area contributed by atoms with E-state index < -0.39 is 0 Å². The van der Waals surface area contributed by atoms with Gasteiger partial charge in [0.1, 0.15) is 17.3 Å². The minimum Gasteiger partial charge on any atom is -0.497 e. The van der Waals surface area contributed by atoms with Crippen molar-refractivity contribution >= 4 is 17.8 Å². The highest BCUT2D eigenvalue weighted by Gasteiger charge is 2.22. The number of rotatable bonds is 4. The number of aryl methyl sites for hydroxylation is 1. The van der Waals surface area contributed by atoms with Gasteiger partial charge in [0.25, 0.3) is 0 Å². The number of ether oxygens (including phenoxy) is 3. The fourth-order valence-electron chi connectivity index (χ4n) is 2.49. The third kappa shape index (κ3) is 3.18. The topological polar surface area (TPSA) is 44.8 Å². The molecule has 0 atom stereocenters. The second-order valence-electron chi connectivity index (χ2n) is 5.46. The maximum Gasteiger partial charge on any atom is 0.343 e. The summed E-state index contributed by atoms with van der Waals surface area (Å²) >= 11 is 0. The summed E-state index contributed by atoms with van der Waals surface area (Å²) in [5, 5.41) is 0. The first-order chi connectivity index (χ1) is 11.6. The molecule has 0 spiro atoms. The summed E-state index contributed by atoms with van der Waals surface area (Å²) in [5.74, 6) is 1.72. The van der Waals surface area contributed by atoms with Gasteiger partial charge in [-0.1, -0.05) is 12.1 Å². The second kappa shape index (κ2) is 6.62. The van der Waals surface area contributed by atoms with Crippen LogP contribution in [0.3, 0.4) is 0 Å². The van der Waals surface area contributed by atoms with Crippen LogP contribution in [-0.4, -0.2) is 20.2 Å². The van der Waals surface area contributed by atoms with E-state index in [2.05, 4.69) is 0 Å². The largest absolute Gasteiger partial charge is 0.497 e. The Morgan fingerprint density at radius 2 is 1.75 bits per heavy atom. The summed E-state index contributed by atoms with van der Waals surface area (Å²) in [6.07, 6.45) is 3.54. The van der Waals surface area contributed by atoms with Crippen LogP contribution in [0, 0.1) is 6.92 Å². The van der Waals surface area contributed by atoms with Crippen molar-refractivity contribution in [2.45, 2.75) is 6.92 Å². The average Bonchev–Trinajstić information content (AvgIpc) is 2.97. The second-order valence-corrected chi connectivity index (χ2v) is 5.46. The zero-order valence-corrected chi connectivity index (χ0v) is 13.8. The SMILES string of the molecule is COc1ccc(C2=C/C(=C\c3ccc(C)c(OC)c3)C(=O)O2)cc1. The van der Waals surface area contributed by atoms with Gasteiger partial charge in [-0.05, 0) is 60.5 Å². The molecule has 0 bridgehead atoms. The Labute approximate surface area is 141 Å². The highest BCUT2D eigenvalue weighted by Crippen LogP contribution is 2.29. The van der Waals surface area contributed by atoms with Crippen LogP contribution in [0.4, 0.5) is 0 Å². The van der Waals surface area contributed by atoms with E-state index in [4.69, 9.17) is 14.2 Å². The van der Waals surface area contributed by atoms with Crippen molar-refractivity contribution in [3.05, 3.63) is 70.8 Å². The molecule has 0 aromatic heterocycles. The van der Waals surface area contributed by atoms with E-state index >= 15 is 0 Å². The molecule has 4 nitrogen and oxygen atoms in total. The minimum atomic E-state index is -0.361. The molecule has 3 rings (SSSR count). The molecule has 1 heterocycles. The minimum absolute atomic E-state index is 0.361. The maximum absolute atomic E-state index is 12.1. The lowest BCUT2D eigenvalue weighted by Gasteiger charge is -2.05. The molecular weight excluding hydrogens is 304 g/mol. The molecule has 0 unspecified atom stereocenters. The first-order valence-corrected chi connectivity index (χ1v) is 7.55. The van der Waals surface area contributed by atoms with Crippen LogP contribution in [0.1, 0.15) is 16.7 Å². The predicted molar refractivity (Wildman–Crippen MR) is 92.8 cm³/mol. The van der Waals surface area contributed by atoms with Crippen LogP contribution in [0.15, 0.2) is 54.1 Å². The van der Waals surface area contributed by atoms with Gasteiger partial charge in [0.2, 0.25) is 0 Å². The Morgan fingerprint density at radius 1 is 1.00 bits per heavy atom. The van der Waals surface area contributed by atoms with Crippen LogP contribution < -0.4 is 9.47 Å². The van der Waals surface area contributed by atoms with E-state index in [9.17, 15) is 4.79 Å². The molecule has 122 valence electrons. The molecule has 0 fully saturated rings. The average molecular weight is 322 g/mol. The van der Waals surface area contributed by atoms with Gasteiger partial charge < -0.3 is 14.2 Å². The monoisotopic (exact) mass is 322 g/mol. The molecule has 0 amide bonds. The van der Waals surface area contributed by atoms with Crippen LogP contribution in [0.25, 0.3) is 11.8 Å². The molecule has 1 aliphatic rings. The van der Waals surface area contributed by atoms with Crippen LogP contribution in [0.5, 0.6) is 11.5 Å². The number of hydrogen-bond acceptors (Lipinski definition) is 4. The Bertz CT molecular complexity index is 829. The molecule has 0 aliphatic carbocycles. The normalized spacial score (nSPS) is 15.2. The van der Waals surface area contributed by atoms with Gasteiger partial charge in [0.15, 0.2) is 0 Å². The quantitative estimate of drug-likeness (QED) is 0.630. The van der Waals surface area contributed by atoms with Crippen molar-refractivity contribution in [3.63, 3.8) is 0 Å². The van der Waals surface area contributed by atoms with Crippen molar-refractivity contribution in [1.29, 1.82) is 0 Å². The highest BCUT2D eigenvalue weighted by molar-refractivity contribution is 6.05. The Kier molecular flexibility index (Phi) is 4.38. The predicted octanol–water partition coefficient (Wildman–Crippen LogP) is 3.99. The summed E-state index contributed by atoms with van der Waals surface area (Å²) < 4.78 is 15.8. The van der Waals surface area contributed by atoms with Gasteiger partial charge in [-0.15, -0.1) is 0 Å². The zero-order valence-electron chi connectivity index (χ0n) is 13.8. The lowest BCUT2D eigenvalue weighted by molar-refractivity contribution is -0.130. The van der Waals surface area contributed by atoms with Crippen molar-refractivity contribution < 1.29 is 19.0 Å². The van der Waals surface area contributed by atoms with E-state index in [1.54, 1.807) is 26.4 Å². The third-order valence-corrected chi connectivity index (χ3v) is 3.85. The zero-order chi connectivity index (χ0) is 17.1. The Balaban J connectivity index is 1.90. The molecule has 0 N–H and O–H groups in total. The number of esters is 1. The van der Waals surface area contributed by atoms with Crippen molar-refractivity contribution in [2.75, 3.05) is 14.2 Å². The number of hydrogen-bond donors (Lipinski definition) is 0. The van der Waals surface area contributed by atoms with E-state index in [1.807, 2.05) is 49.4 Å². The molecule has 1 aliphatic heterocycles. The van der Waals surface area contributed by atoms with Gasteiger partial charge >= 0.3 is 5.97 Å². The van der Waals surface area contributed by atoms with Crippen LogP contribution in [0.2, 0.25) is 0 Å². The van der Waals surface area contributed by atoms with E-state index in [0.717, 1.165) is 28.2 Å². The van der Waals surface area contributed by atoms with Gasteiger partial charge in [-0.2, -0.15) is 0 Å². The summed E-state index contributed by atoms with van der Waals surface area (Å²) in [6.45, 7) is 1.97. The standard InChI is InChI=1S/C20H18O4/c1-13-4-5-14(11-18(13)23-3)10-16-12-19(24-20(16)21)15-6-8-17(22-2)9-7-15/h4-12H,1-3H3/b16-10+. The van der Waals surface area contributed by atoms with Crippen molar-refractivity contribution in [2.24, 2.45) is 0 Å². The summed E-state index contributed by atoms with van der Waals surface area (Å²) in [6, 6.07) is 13.2. The first kappa shape index (κ1) is 15.9. The summed E-state index contributed by atoms with van der Waals surface area (Å²) in [4.78, 5) is 12.1. The molecule has 2 aromatic carbocycles. The molecule has 2 aromatic rings. The lowest BCUT2D eigenvalue weighted by atomic mass is 10.1. The third-order valence-electron chi connectivity index (χ3n) is 3.85. The fraction of sp³-hybridized carbons (Fsp3) is 0.150. The molecule has 0 saturated heterocycles. The van der Waals surface area contributed by atoms with Gasteiger partial charge in [0.05, 0.1) is 19.8 Å². The van der Waals surface area contributed by atoms with E-state index in [-0.39, 0.29) is 5.97 Å². The van der Waals surface area contributed by atoms with E-state index in [1.165, 1.54) is 0 Å². The van der Waals surface area contributed by atoms with Crippen LogP contribution in [-0.2, 0) is 9.53 Å². The van der Waals surface area contributed by atoms with Crippen molar-refractivity contribution in [3.8, 4) is 11.5 Å². The number of cyclic esters (lactones) is 1. The number of benzene rings is 2. The number of carbonyl (C=O) groups excluding carboxylic acids is 1. The fourth-order valence-corrected chi connectivity index (χ4v) is 2.49. The molecule has 0 saturated carbocycles.